The molecule has 0 amide bonds. The number of hydrogen-bond donors (Lipinski definition) is 24. The van der Waals surface area contributed by atoms with Crippen LogP contribution in [0.15, 0.2) is 317 Å². The van der Waals surface area contributed by atoms with E-state index in [2.05, 4.69) is 0 Å². The van der Waals surface area contributed by atoms with Crippen molar-refractivity contribution in [2.75, 3.05) is 0 Å². The number of furan rings is 3. The SMILES string of the molecule is Oc1c(O)c(O)c2c(-c3cccc4oc5ccccc5c34)c3c(O)c(O)c(O)c(O)c3c(-c3cc(-c4ccccc4)cc(-c4ccccc4)c3)c2c1O.Oc1c(O)c(O)c2c(-c3cccc4oc5ccccc5c34)c3c(O)c(O)c(O)c(O)c3c(-c3cc(-c4ccccc4)cc4ccccc34)c2c1O.Oc1c(O)c(O)c2c(-c3cccc4oc5ccccc5c34)c3c(O)c(O)c(O)c(O)c3c(-c3ccccc3)c2c1O. The molecule has 145 heavy (non-hydrogen) atoms. The Morgan fingerprint density at radius 3 is 0.593 bits per heavy atom. The molecular formula is C118H74O27. The van der Waals surface area contributed by atoms with Crippen molar-refractivity contribution in [3.8, 4) is 238 Å². The van der Waals surface area contributed by atoms with Gasteiger partial charge in [-0.1, -0.05) is 237 Å². The molecule has 25 aromatic rings. The van der Waals surface area contributed by atoms with Gasteiger partial charge in [0.1, 0.15) is 33.5 Å². The lowest BCUT2D eigenvalue weighted by atomic mass is 9.81. The van der Waals surface area contributed by atoms with Crippen LogP contribution in [0.3, 0.4) is 0 Å². The minimum atomic E-state index is -1.04. The number of rotatable bonds is 9. The molecule has 0 spiro atoms. The van der Waals surface area contributed by atoms with Crippen LogP contribution in [0.5, 0.6) is 138 Å². The first kappa shape index (κ1) is 88.3. The molecule has 0 unspecified atom stereocenters. The Kier molecular flexibility index (Phi) is 20.1. The molecule has 3 heterocycles. The second-order valence-electron chi connectivity index (χ2n) is 35.0. The third kappa shape index (κ3) is 13.0. The van der Waals surface area contributed by atoms with E-state index in [0.717, 1.165) is 27.6 Å². The monoisotopic (exact) mass is 1920 g/mol. The minimum absolute atomic E-state index is 0.00484. The van der Waals surface area contributed by atoms with E-state index in [0.29, 0.717) is 116 Å². The van der Waals surface area contributed by atoms with Gasteiger partial charge in [-0.25, -0.2) is 0 Å². The van der Waals surface area contributed by atoms with Crippen LogP contribution in [0.25, 0.3) is 241 Å². The van der Waals surface area contributed by atoms with Crippen LogP contribution in [-0.4, -0.2) is 123 Å². The van der Waals surface area contributed by atoms with Gasteiger partial charge in [-0.3, -0.25) is 0 Å². The van der Waals surface area contributed by atoms with Gasteiger partial charge in [0, 0.05) is 130 Å². The van der Waals surface area contributed by atoms with Gasteiger partial charge in [0.2, 0.25) is 69.0 Å². The molecule has 3 aromatic heterocycles. The fourth-order valence-corrected chi connectivity index (χ4v) is 20.7. The number of fused-ring (bicyclic) bond motifs is 16. The number of phenols is 24. The number of aromatic hydroxyl groups is 24. The van der Waals surface area contributed by atoms with Crippen LogP contribution in [0.4, 0.5) is 0 Å². The first-order chi connectivity index (χ1) is 70.0. The Labute approximate surface area is 813 Å². The van der Waals surface area contributed by atoms with E-state index in [1.54, 1.807) is 176 Å². The molecule has 0 atom stereocenters. The van der Waals surface area contributed by atoms with Crippen molar-refractivity contribution in [2.24, 2.45) is 0 Å². The van der Waals surface area contributed by atoms with Gasteiger partial charge in [0.25, 0.3) is 0 Å². The van der Waals surface area contributed by atoms with Gasteiger partial charge >= 0.3 is 0 Å². The largest absolute Gasteiger partial charge is 0.504 e. The average Bonchev–Trinajstić information content (AvgIpc) is 1.46. The third-order valence-electron chi connectivity index (χ3n) is 27.1. The molecule has 27 nitrogen and oxygen atoms in total. The first-order valence-corrected chi connectivity index (χ1v) is 44.9. The van der Waals surface area contributed by atoms with Gasteiger partial charge in [-0.15, -0.1) is 0 Å². The van der Waals surface area contributed by atoms with E-state index in [-0.39, 0.29) is 98.0 Å². The maximum Gasteiger partial charge on any atom is 0.204 e. The van der Waals surface area contributed by atoms with Crippen LogP contribution in [0, 0.1) is 0 Å². The molecular weight excluding hydrogens is 1850 g/mol. The summed E-state index contributed by atoms with van der Waals surface area (Å²) < 4.78 is 18.3. The van der Waals surface area contributed by atoms with E-state index in [1.807, 2.05) is 127 Å². The highest BCUT2D eigenvalue weighted by Gasteiger charge is 2.39. The molecule has 0 saturated heterocycles. The zero-order valence-corrected chi connectivity index (χ0v) is 74.8. The fourth-order valence-electron chi connectivity index (χ4n) is 20.7. The van der Waals surface area contributed by atoms with Crippen LogP contribution in [0.1, 0.15) is 0 Å². The summed E-state index contributed by atoms with van der Waals surface area (Å²) in [5.41, 5.74) is 9.20. The molecule has 24 N–H and O–H groups in total. The molecule has 708 valence electrons. The number of hydrogen-bond acceptors (Lipinski definition) is 27. The maximum absolute atomic E-state index is 11.8. The molecule has 0 aliphatic carbocycles. The normalized spacial score (nSPS) is 11.7. The molecule has 25 rings (SSSR count). The Balaban J connectivity index is 0.000000121. The second-order valence-corrected chi connectivity index (χ2v) is 35.0. The lowest BCUT2D eigenvalue weighted by molar-refractivity contribution is 0.350. The third-order valence-corrected chi connectivity index (χ3v) is 27.1. The van der Waals surface area contributed by atoms with Crippen molar-refractivity contribution in [2.45, 2.75) is 0 Å². The van der Waals surface area contributed by atoms with E-state index < -0.39 is 138 Å². The highest BCUT2D eigenvalue weighted by Crippen LogP contribution is 2.68. The smallest absolute Gasteiger partial charge is 0.204 e. The summed E-state index contributed by atoms with van der Waals surface area (Å²) in [5, 5.41) is 273. The zero-order chi connectivity index (χ0) is 101. The molecule has 0 aliphatic heterocycles. The molecule has 0 fully saturated rings. The van der Waals surface area contributed by atoms with Crippen LogP contribution in [0.2, 0.25) is 0 Å². The molecule has 0 aliphatic rings. The summed E-state index contributed by atoms with van der Waals surface area (Å²) >= 11 is 0. The van der Waals surface area contributed by atoms with Crippen molar-refractivity contribution in [1.29, 1.82) is 0 Å². The number of benzene rings is 22. The Morgan fingerprint density at radius 2 is 0.317 bits per heavy atom. The van der Waals surface area contributed by atoms with E-state index >= 15 is 0 Å². The van der Waals surface area contributed by atoms with Gasteiger partial charge in [0.05, 0.1) is 0 Å². The highest BCUT2D eigenvalue weighted by atomic mass is 16.4. The van der Waals surface area contributed by atoms with Gasteiger partial charge in [0.15, 0.2) is 69.0 Å². The number of phenolic OH excluding ortho intramolecular Hbond substituents is 24. The summed E-state index contributed by atoms with van der Waals surface area (Å²) in [6.45, 7) is 0. The molecule has 27 heteroatoms. The van der Waals surface area contributed by atoms with Crippen molar-refractivity contribution in [3.63, 3.8) is 0 Å². The maximum atomic E-state index is 11.8. The summed E-state index contributed by atoms with van der Waals surface area (Å²) in [5.74, 6) is -22.5. The molecule has 0 bridgehead atoms. The van der Waals surface area contributed by atoms with Crippen molar-refractivity contribution < 1.29 is 136 Å². The van der Waals surface area contributed by atoms with Gasteiger partial charge in [-0.05, 0) is 144 Å². The van der Waals surface area contributed by atoms with Crippen molar-refractivity contribution in [3.05, 3.63) is 303 Å². The second kappa shape index (κ2) is 33.0. The predicted octanol–water partition coefficient (Wildman–Crippen LogP) is 26.8. The minimum Gasteiger partial charge on any atom is -0.504 e. The highest BCUT2D eigenvalue weighted by molar-refractivity contribution is 6.36. The van der Waals surface area contributed by atoms with Gasteiger partial charge in [-0.2, -0.15) is 0 Å². The number of para-hydroxylation sites is 3. The predicted molar refractivity (Wildman–Crippen MR) is 553 cm³/mol. The fraction of sp³-hybridized carbons (Fsp3) is 0. The molecule has 22 aromatic carbocycles. The molecule has 0 saturated carbocycles. The summed E-state index contributed by atoms with van der Waals surface area (Å²) in [6, 6.07) is 89.7. The summed E-state index contributed by atoms with van der Waals surface area (Å²) in [6.07, 6.45) is 0. The van der Waals surface area contributed by atoms with E-state index in [9.17, 15) is 123 Å². The average molecular weight is 1920 g/mol. The quantitative estimate of drug-likeness (QED) is 0.0362. The van der Waals surface area contributed by atoms with Crippen LogP contribution in [-0.2, 0) is 0 Å². The lowest BCUT2D eigenvalue weighted by Crippen LogP contribution is -1.96. The Morgan fingerprint density at radius 1 is 0.117 bits per heavy atom. The lowest BCUT2D eigenvalue weighted by Gasteiger charge is -2.23. The topological polar surface area (TPSA) is 525 Å². The van der Waals surface area contributed by atoms with Crippen LogP contribution >= 0.6 is 0 Å². The standard InChI is InChI=1S/C44H28O9.C42H26O9.C32H20O9/c45-37-33-30(25-19-23(21-10-3-1-4-11-21)18-24(20-25)22-12-5-2-6-13-22)34-36(40(48)44(52)42(50)38(34)46)32(35(33)39(47)43(51)41(37)49)27-15-9-17-29-31(27)26-14-7-8-16-28(26)53-29;43-35-31-29(24-14-8-16-27-28(24)23-13-6-7-15-26(23)51-27)32-34(38(46)42(50)40(48)36(32)44)30(33(31)37(45)41(49)39(35)47)25-18-21(19-9-2-1-3-10-19)17-20-11-4-5-12-22(20)25;33-25-21-18(13-7-2-1-3-8-13)22-24(28(36)32(40)30(38)26(22)34)20(23(21)27(35)31(39)29(25)37)15-10-6-12-17-19(15)14-9-4-5-11-16(14)41-17/h1-20,45-52H;1-18,43-50H;1-12,33-40H. The van der Waals surface area contributed by atoms with Crippen LogP contribution < -0.4 is 0 Å². The van der Waals surface area contributed by atoms with E-state index in [1.165, 1.54) is 0 Å². The summed E-state index contributed by atoms with van der Waals surface area (Å²) in [7, 11) is 0. The Hall–Kier alpha value is -20.7. The van der Waals surface area contributed by atoms with Gasteiger partial charge < -0.3 is 136 Å². The van der Waals surface area contributed by atoms with E-state index in [4.69, 9.17) is 13.3 Å². The van der Waals surface area contributed by atoms with Crippen molar-refractivity contribution >= 4 is 141 Å². The van der Waals surface area contributed by atoms with Crippen molar-refractivity contribution in [1.82, 2.24) is 0 Å². The zero-order valence-electron chi connectivity index (χ0n) is 74.8. The summed E-state index contributed by atoms with van der Waals surface area (Å²) in [4.78, 5) is 0. The Bertz CT molecular complexity index is 9630. The first-order valence-electron chi connectivity index (χ1n) is 44.9. The molecule has 0 radical (unpaired) electrons.